The molecular formula is C14H18O4. The van der Waals surface area contributed by atoms with Gasteiger partial charge in [0.2, 0.25) is 0 Å². The van der Waals surface area contributed by atoms with E-state index in [-0.39, 0.29) is 12.6 Å². The van der Waals surface area contributed by atoms with Gasteiger partial charge < -0.3 is 14.2 Å². The van der Waals surface area contributed by atoms with Crippen LogP contribution in [0.2, 0.25) is 0 Å². The number of esters is 1. The highest BCUT2D eigenvalue weighted by Crippen LogP contribution is 2.15. The zero-order chi connectivity index (χ0) is 13.4. The van der Waals surface area contributed by atoms with E-state index in [1.165, 1.54) is 6.92 Å². The summed E-state index contributed by atoms with van der Waals surface area (Å²) < 4.78 is 15.6. The maximum atomic E-state index is 10.5. The van der Waals surface area contributed by atoms with E-state index in [2.05, 4.69) is 6.58 Å². The summed E-state index contributed by atoms with van der Waals surface area (Å²) in [7, 11) is 0. The molecule has 4 nitrogen and oxygen atoms in total. The Morgan fingerprint density at radius 2 is 2.22 bits per heavy atom. The van der Waals surface area contributed by atoms with Gasteiger partial charge in [-0.25, -0.2) is 0 Å². The topological polar surface area (TPSA) is 44.8 Å². The lowest BCUT2D eigenvalue weighted by atomic mass is 10.2. The van der Waals surface area contributed by atoms with Gasteiger partial charge in [0, 0.05) is 6.92 Å². The zero-order valence-electron chi connectivity index (χ0n) is 10.7. The normalized spacial score (nSPS) is 11.7. The number of hydrogen-bond acceptors (Lipinski definition) is 4. The van der Waals surface area contributed by atoms with Gasteiger partial charge in [-0.1, -0.05) is 24.8 Å². The molecule has 1 aromatic carbocycles. The van der Waals surface area contributed by atoms with Crippen LogP contribution < -0.4 is 4.74 Å². The number of hydrogen-bond donors (Lipinski definition) is 0. The molecule has 1 aromatic rings. The minimum atomic E-state index is -0.402. The van der Waals surface area contributed by atoms with Gasteiger partial charge in [-0.15, -0.1) is 0 Å². The molecule has 0 radical (unpaired) electrons. The van der Waals surface area contributed by atoms with Crippen LogP contribution in [0.3, 0.4) is 0 Å². The van der Waals surface area contributed by atoms with Crippen LogP contribution in [0.5, 0.6) is 5.75 Å². The first-order chi connectivity index (χ1) is 8.61. The number of carbonyl (C=O) groups is 1. The second-order valence-corrected chi connectivity index (χ2v) is 3.67. The van der Waals surface area contributed by atoms with Crippen molar-refractivity contribution in [3.63, 3.8) is 0 Å². The van der Waals surface area contributed by atoms with Gasteiger partial charge in [0.25, 0.3) is 0 Å². The van der Waals surface area contributed by atoms with Gasteiger partial charge >= 0.3 is 5.97 Å². The molecule has 0 aliphatic heterocycles. The van der Waals surface area contributed by atoms with Crippen molar-refractivity contribution in [1.29, 1.82) is 0 Å². The standard InChI is InChI=1S/C14H18O4/c1-4-13-6-5-7-14(10-13)18-12(3)17-9-8-16-11(2)15/h4-7,10,12H,1,8-9H2,2-3H3. The van der Waals surface area contributed by atoms with Crippen LogP contribution in [-0.4, -0.2) is 25.5 Å². The summed E-state index contributed by atoms with van der Waals surface area (Å²) in [6.45, 7) is 7.38. The molecule has 0 fully saturated rings. The molecule has 0 N–H and O–H groups in total. The lowest BCUT2D eigenvalue weighted by Gasteiger charge is -2.15. The highest BCUT2D eigenvalue weighted by Gasteiger charge is 2.04. The molecule has 4 heteroatoms. The summed E-state index contributed by atoms with van der Waals surface area (Å²) in [5.41, 5.74) is 0.986. The second kappa shape index (κ2) is 7.50. The molecule has 0 amide bonds. The van der Waals surface area contributed by atoms with Crippen molar-refractivity contribution in [2.24, 2.45) is 0 Å². The van der Waals surface area contributed by atoms with E-state index in [9.17, 15) is 4.79 Å². The average molecular weight is 250 g/mol. The van der Waals surface area contributed by atoms with E-state index in [1.54, 1.807) is 13.0 Å². The summed E-state index contributed by atoms with van der Waals surface area (Å²) in [5, 5.41) is 0. The third-order valence-corrected chi connectivity index (χ3v) is 2.14. The van der Waals surface area contributed by atoms with E-state index < -0.39 is 6.29 Å². The molecule has 0 spiro atoms. The Labute approximate surface area is 107 Å². The van der Waals surface area contributed by atoms with Gasteiger partial charge in [0.15, 0.2) is 6.29 Å². The summed E-state index contributed by atoms with van der Waals surface area (Å²) in [6.07, 6.45) is 1.35. The molecule has 1 atom stereocenters. The Morgan fingerprint density at radius 1 is 1.44 bits per heavy atom. The minimum absolute atomic E-state index is 0.232. The quantitative estimate of drug-likeness (QED) is 0.424. The van der Waals surface area contributed by atoms with E-state index in [1.807, 2.05) is 24.3 Å². The molecule has 0 saturated carbocycles. The zero-order valence-corrected chi connectivity index (χ0v) is 10.7. The fraction of sp³-hybridized carbons (Fsp3) is 0.357. The Bertz CT molecular complexity index is 401. The molecule has 0 aromatic heterocycles. The fourth-order valence-corrected chi connectivity index (χ4v) is 1.34. The SMILES string of the molecule is C=Cc1cccc(OC(C)OCCOC(C)=O)c1. The molecule has 0 saturated heterocycles. The van der Waals surface area contributed by atoms with Crippen LogP contribution in [0, 0.1) is 0 Å². The van der Waals surface area contributed by atoms with Gasteiger partial charge in [0.05, 0.1) is 6.61 Å². The summed E-state index contributed by atoms with van der Waals surface area (Å²) in [6, 6.07) is 7.54. The first-order valence-corrected chi connectivity index (χ1v) is 5.76. The predicted octanol–water partition coefficient (Wildman–Crippen LogP) is 2.63. The molecule has 98 valence electrons. The van der Waals surface area contributed by atoms with Crippen molar-refractivity contribution >= 4 is 12.0 Å². The monoisotopic (exact) mass is 250 g/mol. The van der Waals surface area contributed by atoms with Crippen LogP contribution in [0.1, 0.15) is 19.4 Å². The van der Waals surface area contributed by atoms with Crippen LogP contribution in [0.4, 0.5) is 0 Å². The van der Waals surface area contributed by atoms with Crippen LogP contribution >= 0.6 is 0 Å². The van der Waals surface area contributed by atoms with E-state index in [4.69, 9.17) is 14.2 Å². The highest BCUT2D eigenvalue weighted by molar-refractivity contribution is 5.65. The van der Waals surface area contributed by atoms with Gasteiger partial charge in [-0.3, -0.25) is 4.79 Å². The summed E-state index contributed by atoms with van der Waals surface area (Å²) in [5.74, 6) is 0.401. The lowest BCUT2D eigenvalue weighted by Crippen LogP contribution is -2.19. The van der Waals surface area contributed by atoms with Crippen molar-refractivity contribution in [3.8, 4) is 5.75 Å². The number of ether oxygens (including phenoxy) is 3. The number of carbonyl (C=O) groups excluding carboxylic acids is 1. The van der Waals surface area contributed by atoms with Gasteiger partial charge in [0.1, 0.15) is 12.4 Å². The maximum Gasteiger partial charge on any atom is 0.302 e. The summed E-state index contributed by atoms with van der Waals surface area (Å²) in [4.78, 5) is 10.5. The van der Waals surface area contributed by atoms with E-state index in [0.29, 0.717) is 12.4 Å². The average Bonchev–Trinajstić information content (AvgIpc) is 2.34. The third kappa shape index (κ3) is 5.50. The van der Waals surface area contributed by atoms with Crippen LogP contribution in [0.15, 0.2) is 30.8 Å². The maximum absolute atomic E-state index is 10.5. The van der Waals surface area contributed by atoms with E-state index >= 15 is 0 Å². The van der Waals surface area contributed by atoms with E-state index in [0.717, 1.165) is 5.56 Å². The third-order valence-electron chi connectivity index (χ3n) is 2.14. The number of rotatable bonds is 7. The van der Waals surface area contributed by atoms with Crippen molar-refractivity contribution in [2.45, 2.75) is 20.1 Å². The Kier molecular flexibility index (Phi) is 5.94. The number of benzene rings is 1. The Balaban J connectivity index is 2.32. The smallest absolute Gasteiger partial charge is 0.302 e. The van der Waals surface area contributed by atoms with Crippen LogP contribution in [0.25, 0.3) is 6.08 Å². The lowest BCUT2D eigenvalue weighted by molar-refractivity contribution is -0.145. The van der Waals surface area contributed by atoms with Gasteiger partial charge in [-0.2, -0.15) is 0 Å². The van der Waals surface area contributed by atoms with Gasteiger partial charge in [-0.05, 0) is 24.6 Å². The van der Waals surface area contributed by atoms with Crippen molar-refractivity contribution < 1.29 is 19.0 Å². The minimum Gasteiger partial charge on any atom is -0.465 e. The summed E-state index contributed by atoms with van der Waals surface area (Å²) >= 11 is 0. The largest absolute Gasteiger partial charge is 0.465 e. The highest BCUT2D eigenvalue weighted by atomic mass is 16.7. The molecule has 18 heavy (non-hydrogen) atoms. The van der Waals surface area contributed by atoms with Crippen LogP contribution in [-0.2, 0) is 14.3 Å². The molecule has 1 unspecified atom stereocenters. The first-order valence-electron chi connectivity index (χ1n) is 5.76. The van der Waals surface area contributed by atoms with Crippen molar-refractivity contribution in [2.75, 3.05) is 13.2 Å². The Hall–Kier alpha value is -1.81. The molecule has 0 heterocycles. The second-order valence-electron chi connectivity index (χ2n) is 3.67. The molecule has 0 aliphatic carbocycles. The first kappa shape index (κ1) is 14.3. The molecule has 0 bridgehead atoms. The fourth-order valence-electron chi connectivity index (χ4n) is 1.34. The molecule has 0 aliphatic rings. The Morgan fingerprint density at radius 3 is 2.89 bits per heavy atom. The molecule has 1 rings (SSSR count). The van der Waals surface area contributed by atoms with Crippen molar-refractivity contribution in [3.05, 3.63) is 36.4 Å². The van der Waals surface area contributed by atoms with Crippen molar-refractivity contribution in [1.82, 2.24) is 0 Å². The predicted molar refractivity (Wildman–Crippen MR) is 69.2 cm³/mol. The molecular weight excluding hydrogens is 232 g/mol.